The van der Waals surface area contributed by atoms with Crippen LogP contribution in [0.4, 0.5) is 5.69 Å². The predicted octanol–water partition coefficient (Wildman–Crippen LogP) is 4.67. The minimum absolute atomic E-state index is 0.00945. The molecule has 2 heterocycles. The highest BCUT2D eigenvalue weighted by molar-refractivity contribution is 5.97. The number of piperidine rings is 1. The quantitative estimate of drug-likeness (QED) is 0.623. The van der Waals surface area contributed by atoms with Crippen molar-refractivity contribution in [2.45, 2.75) is 26.3 Å². The van der Waals surface area contributed by atoms with Gasteiger partial charge in [-0.25, -0.2) is 0 Å². The third kappa shape index (κ3) is 4.46. The van der Waals surface area contributed by atoms with E-state index in [1.165, 1.54) is 0 Å². The van der Waals surface area contributed by atoms with Gasteiger partial charge in [0.2, 0.25) is 5.91 Å². The van der Waals surface area contributed by atoms with Gasteiger partial charge in [-0.3, -0.25) is 9.59 Å². The van der Waals surface area contributed by atoms with Crippen molar-refractivity contribution < 1.29 is 14.0 Å². The van der Waals surface area contributed by atoms with Gasteiger partial charge in [-0.05, 0) is 56.2 Å². The smallest absolute Gasteiger partial charge is 0.253 e. The van der Waals surface area contributed by atoms with Crippen LogP contribution in [0.15, 0.2) is 77.4 Å². The SMILES string of the molecule is Cc1ccc(C(=O)N2CCCC(C(=O)N(Cc3ccco3)c3ccccc3)C2)cc1. The van der Waals surface area contributed by atoms with Crippen LogP contribution in [-0.4, -0.2) is 29.8 Å². The van der Waals surface area contributed by atoms with Crippen LogP contribution < -0.4 is 4.90 Å². The molecule has 1 fully saturated rings. The summed E-state index contributed by atoms with van der Waals surface area (Å²) in [6.45, 7) is 3.49. The standard InChI is InChI=1S/C25H26N2O3/c1-19-11-13-20(14-12-19)24(28)26-15-5-7-21(17-26)25(29)27(18-23-10-6-16-30-23)22-8-3-2-4-9-22/h2-4,6,8-14,16,21H,5,7,15,17-18H2,1H3. The maximum atomic E-state index is 13.5. The van der Waals surface area contributed by atoms with Gasteiger partial charge in [-0.15, -0.1) is 0 Å². The molecular formula is C25H26N2O3. The molecule has 1 aliphatic heterocycles. The summed E-state index contributed by atoms with van der Waals surface area (Å²) in [7, 11) is 0. The van der Waals surface area contributed by atoms with E-state index in [-0.39, 0.29) is 17.7 Å². The molecule has 0 bridgehead atoms. The second-order valence-electron chi connectivity index (χ2n) is 7.80. The summed E-state index contributed by atoms with van der Waals surface area (Å²) in [6, 6.07) is 20.9. The summed E-state index contributed by atoms with van der Waals surface area (Å²) < 4.78 is 5.49. The van der Waals surface area contributed by atoms with Gasteiger partial charge in [0.25, 0.3) is 5.91 Å². The molecular weight excluding hydrogens is 376 g/mol. The molecule has 1 aliphatic rings. The monoisotopic (exact) mass is 402 g/mol. The van der Waals surface area contributed by atoms with Crippen LogP contribution in [0.3, 0.4) is 0 Å². The fraction of sp³-hybridized carbons (Fsp3) is 0.280. The van der Waals surface area contributed by atoms with Crippen molar-refractivity contribution in [1.29, 1.82) is 0 Å². The Hall–Kier alpha value is -3.34. The summed E-state index contributed by atoms with van der Waals surface area (Å²) in [6.07, 6.45) is 3.21. The number of rotatable bonds is 5. The minimum atomic E-state index is -0.233. The van der Waals surface area contributed by atoms with Gasteiger partial charge in [0.05, 0.1) is 18.7 Å². The number of para-hydroxylation sites is 1. The third-order valence-electron chi connectivity index (χ3n) is 5.58. The van der Waals surface area contributed by atoms with E-state index in [4.69, 9.17) is 4.42 Å². The maximum Gasteiger partial charge on any atom is 0.253 e. The van der Waals surface area contributed by atoms with E-state index in [9.17, 15) is 9.59 Å². The van der Waals surface area contributed by atoms with Gasteiger partial charge < -0.3 is 14.2 Å². The van der Waals surface area contributed by atoms with E-state index >= 15 is 0 Å². The minimum Gasteiger partial charge on any atom is -0.467 e. The molecule has 5 heteroatoms. The number of nitrogens with zero attached hydrogens (tertiary/aromatic N) is 2. The summed E-state index contributed by atoms with van der Waals surface area (Å²) in [4.78, 5) is 30.1. The first kappa shape index (κ1) is 20.0. The molecule has 5 nitrogen and oxygen atoms in total. The average Bonchev–Trinajstić information content (AvgIpc) is 3.31. The Balaban J connectivity index is 1.52. The van der Waals surface area contributed by atoms with Crippen LogP contribution in [-0.2, 0) is 11.3 Å². The Morgan fingerprint density at radius 1 is 1.03 bits per heavy atom. The highest BCUT2D eigenvalue weighted by Crippen LogP contribution is 2.25. The number of furan rings is 1. The summed E-state index contributed by atoms with van der Waals surface area (Å²) in [5, 5.41) is 0. The normalized spacial score (nSPS) is 16.3. The topological polar surface area (TPSA) is 53.8 Å². The molecule has 1 aromatic heterocycles. The Labute approximate surface area is 176 Å². The molecule has 0 saturated carbocycles. The summed E-state index contributed by atoms with van der Waals surface area (Å²) >= 11 is 0. The van der Waals surface area contributed by atoms with Crippen molar-refractivity contribution in [3.05, 3.63) is 89.9 Å². The summed E-state index contributed by atoms with van der Waals surface area (Å²) in [5.74, 6) is 0.516. The molecule has 2 amide bonds. The Bertz CT molecular complexity index is 981. The highest BCUT2D eigenvalue weighted by Gasteiger charge is 2.32. The van der Waals surface area contributed by atoms with Gasteiger partial charge >= 0.3 is 0 Å². The molecule has 1 unspecified atom stereocenters. The molecule has 2 aromatic carbocycles. The average molecular weight is 402 g/mol. The molecule has 1 atom stereocenters. The zero-order valence-electron chi connectivity index (χ0n) is 17.2. The van der Waals surface area contributed by atoms with Crippen molar-refractivity contribution in [3.8, 4) is 0 Å². The Morgan fingerprint density at radius 2 is 1.80 bits per heavy atom. The van der Waals surface area contributed by atoms with Gasteiger partial charge in [-0.2, -0.15) is 0 Å². The van der Waals surface area contributed by atoms with Crippen molar-refractivity contribution in [2.24, 2.45) is 5.92 Å². The van der Waals surface area contributed by atoms with Gasteiger partial charge in [0.1, 0.15) is 5.76 Å². The number of anilines is 1. The molecule has 0 aliphatic carbocycles. The van der Waals surface area contributed by atoms with Crippen molar-refractivity contribution in [2.75, 3.05) is 18.0 Å². The fourth-order valence-corrected chi connectivity index (χ4v) is 3.93. The van der Waals surface area contributed by atoms with E-state index in [0.29, 0.717) is 25.2 Å². The van der Waals surface area contributed by atoms with Crippen molar-refractivity contribution in [1.82, 2.24) is 4.90 Å². The first-order chi connectivity index (χ1) is 14.6. The first-order valence-corrected chi connectivity index (χ1v) is 10.4. The second kappa shape index (κ2) is 8.99. The zero-order valence-corrected chi connectivity index (χ0v) is 17.2. The Morgan fingerprint density at radius 3 is 2.50 bits per heavy atom. The molecule has 3 aromatic rings. The first-order valence-electron chi connectivity index (χ1n) is 10.4. The molecule has 4 rings (SSSR count). The van der Waals surface area contributed by atoms with Crippen molar-refractivity contribution in [3.63, 3.8) is 0 Å². The molecule has 154 valence electrons. The molecule has 0 spiro atoms. The second-order valence-corrected chi connectivity index (χ2v) is 7.80. The van der Waals surface area contributed by atoms with Gasteiger partial charge in [0.15, 0.2) is 0 Å². The number of amides is 2. The van der Waals surface area contributed by atoms with Crippen molar-refractivity contribution >= 4 is 17.5 Å². The van der Waals surface area contributed by atoms with Crippen LogP contribution in [0.2, 0.25) is 0 Å². The van der Waals surface area contributed by atoms with Crippen LogP contribution in [0.25, 0.3) is 0 Å². The van der Waals surface area contributed by atoms with Crippen LogP contribution in [0, 0.1) is 12.8 Å². The molecule has 1 saturated heterocycles. The van der Waals surface area contributed by atoms with E-state index < -0.39 is 0 Å². The number of aryl methyl sites for hydroxylation is 1. The summed E-state index contributed by atoms with van der Waals surface area (Å²) in [5.41, 5.74) is 2.62. The maximum absolute atomic E-state index is 13.5. The molecule has 0 N–H and O–H groups in total. The van der Waals surface area contributed by atoms with E-state index in [1.54, 1.807) is 11.2 Å². The number of likely N-dealkylation sites (tertiary alicyclic amines) is 1. The van der Waals surface area contributed by atoms with Crippen LogP contribution >= 0.6 is 0 Å². The lowest BCUT2D eigenvalue weighted by Crippen LogP contribution is -2.46. The van der Waals surface area contributed by atoms with Crippen LogP contribution in [0.1, 0.15) is 34.5 Å². The lowest BCUT2D eigenvalue weighted by molar-refractivity contribution is -0.123. The number of carbonyl (C=O) groups excluding carboxylic acids is 2. The fourth-order valence-electron chi connectivity index (χ4n) is 3.93. The van der Waals surface area contributed by atoms with Gasteiger partial charge in [-0.1, -0.05) is 35.9 Å². The van der Waals surface area contributed by atoms with E-state index in [2.05, 4.69) is 0 Å². The van der Waals surface area contributed by atoms with E-state index in [0.717, 1.165) is 29.9 Å². The number of hydrogen-bond donors (Lipinski definition) is 0. The lowest BCUT2D eigenvalue weighted by atomic mass is 9.95. The third-order valence-corrected chi connectivity index (χ3v) is 5.58. The number of carbonyl (C=O) groups is 2. The van der Waals surface area contributed by atoms with Crippen LogP contribution in [0.5, 0.6) is 0 Å². The van der Waals surface area contributed by atoms with Gasteiger partial charge in [0, 0.05) is 24.3 Å². The lowest BCUT2D eigenvalue weighted by Gasteiger charge is -2.35. The number of benzene rings is 2. The molecule has 30 heavy (non-hydrogen) atoms. The zero-order chi connectivity index (χ0) is 20.9. The van der Waals surface area contributed by atoms with E-state index in [1.807, 2.05) is 78.6 Å². The number of hydrogen-bond acceptors (Lipinski definition) is 3. The molecule has 0 radical (unpaired) electrons. The highest BCUT2D eigenvalue weighted by atomic mass is 16.3. The Kier molecular flexibility index (Phi) is 5.98. The predicted molar refractivity (Wildman–Crippen MR) is 116 cm³/mol. The largest absolute Gasteiger partial charge is 0.467 e.